The molecule has 0 unspecified atom stereocenters. The number of amides is 2. The molecule has 0 bridgehead atoms. The van der Waals surface area contributed by atoms with Crippen molar-refractivity contribution in [3.8, 4) is 0 Å². The van der Waals surface area contributed by atoms with E-state index in [9.17, 15) is 9.59 Å². The molecule has 3 rings (SSSR count). The van der Waals surface area contributed by atoms with Crippen LogP contribution in [0.3, 0.4) is 0 Å². The molecule has 0 radical (unpaired) electrons. The number of halogens is 1. The Bertz CT molecular complexity index is 748. The van der Waals surface area contributed by atoms with Crippen molar-refractivity contribution in [1.82, 2.24) is 10.2 Å². The van der Waals surface area contributed by atoms with Gasteiger partial charge in [-0.15, -0.1) is 0 Å². The lowest BCUT2D eigenvalue weighted by molar-refractivity contribution is -0.129. The van der Waals surface area contributed by atoms with Crippen molar-refractivity contribution >= 4 is 34.4 Å². The molecule has 0 saturated carbocycles. The summed E-state index contributed by atoms with van der Waals surface area (Å²) in [4.78, 5) is 26.1. The van der Waals surface area contributed by atoms with Crippen molar-refractivity contribution in [3.05, 3.63) is 34.5 Å². The van der Waals surface area contributed by atoms with Crippen LogP contribution in [0.5, 0.6) is 0 Å². The Morgan fingerprint density at radius 2 is 2.04 bits per heavy atom. The largest absolute Gasteiger partial charge is 0.451 e. The highest BCUT2D eigenvalue weighted by molar-refractivity contribution is 6.31. The van der Waals surface area contributed by atoms with Gasteiger partial charge in [-0.05, 0) is 38.0 Å². The van der Waals surface area contributed by atoms with Gasteiger partial charge < -0.3 is 14.6 Å². The molecule has 23 heavy (non-hydrogen) atoms. The zero-order chi connectivity index (χ0) is 16.4. The number of nitrogens with one attached hydrogen (secondary N) is 1. The van der Waals surface area contributed by atoms with Crippen LogP contribution in [0.15, 0.2) is 22.6 Å². The lowest BCUT2D eigenvalue weighted by Crippen LogP contribution is -2.32. The fourth-order valence-corrected chi connectivity index (χ4v) is 3.07. The molecule has 1 saturated heterocycles. The Hall–Kier alpha value is -2.01. The van der Waals surface area contributed by atoms with Crippen LogP contribution >= 0.6 is 11.6 Å². The average molecular weight is 335 g/mol. The first kappa shape index (κ1) is 15.9. The smallest absolute Gasteiger partial charge is 0.287 e. The summed E-state index contributed by atoms with van der Waals surface area (Å²) >= 11 is 5.98. The van der Waals surface area contributed by atoms with Crippen LogP contribution < -0.4 is 5.32 Å². The van der Waals surface area contributed by atoms with E-state index in [0.29, 0.717) is 23.6 Å². The molecule has 6 heteroatoms. The fourth-order valence-electron chi connectivity index (χ4n) is 2.90. The number of benzene rings is 1. The first-order valence-corrected chi connectivity index (χ1v) is 8.18. The summed E-state index contributed by atoms with van der Waals surface area (Å²) in [6.45, 7) is 3.80. The van der Waals surface area contributed by atoms with Crippen LogP contribution in [-0.4, -0.2) is 36.3 Å². The maximum atomic E-state index is 12.3. The van der Waals surface area contributed by atoms with E-state index in [1.165, 1.54) is 0 Å². The highest BCUT2D eigenvalue weighted by Crippen LogP contribution is 2.27. The number of likely N-dealkylation sites (tertiary alicyclic amines) is 1. The molecule has 1 aromatic carbocycles. The topological polar surface area (TPSA) is 62.6 Å². The van der Waals surface area contributed by atoms with Gasteiger partial charge in [0.15, 0.2) is 5.76 Å². The van der Waals surface area contributed by atoms with Crippen molar-refractivity contribution in [2.45, 2.75) is 26.2 Å². The molecule has 2 heterocycles. The monoisotopic (exact) mass is 334 g/mol. The van der Waals surface area contributed by atoms with E-state index < -0.39 is 0 Å². The van der Waals surface area contributed by atoms with Gasteiger partial charge in [-0.25, -0.2) is 0 Å². The standard InChI is InChI=1S/C17H19ClN2O3/c1-11-13-10-12(18)4-5-14(13)23-16(11)17(22)19-7-6-15(21)20-8-2-3-9-20/h4-5,10H,2-3,6-9H2,1H3,(H,19,22). The molecule has 2 amide bonds. The van der Waals surface area contributed by atoms with E-state index in [1.807, 2.05) is 11.8 Å². The second kappa shape index (κ2) is 6.62. The lowest BCUT2D eigenvalue weighted by atomic mass is 10.1. The molecule has 1 N–H and O–H groups in total. The molecule has 0 aliphatic carbocycles. The van der Waals surface area contributed by atoms with Gasteiger partial charge in [0.25, 0.3) is 5.91 Å². The van der Waals surface area contributed by atoms with Gasteiger partial charge in [0.2, 0.25) is 5.91 Å². The highest BCUT2D eigenvalue weighted by Gasteiger charge is 2.20. The molecule has 5 nitrogen and oxygen atoms in total. The van der Waals surface area contributed by atoms with Crippen molar-refractivity contribution in [2.75, 3.05) is 19.6 Å². The highest BCUT2D eigenvalue weighted by atomic mass is 35.5. The van der Waals surface area contributed by atoms with Crippen molar-refractivity contribution < 1.29 is 14.0 Å². The summed E-state index contributed by atoms with van der Waals surface area (Å²) in [5.41, 5.74) is 1.39. The van der Waals surface area contributed by atoms with Gasteiger partial charge in [-0.3, -0.25) is 9.59 Å². The molecule has 1 aromatic heterocycles. The zero-order valence-electron chi connectivity index (χ0n) is 13.0. The number of rotatable bonds is 4. The average Bonchev–Trinajstić information content (AvgIpc) is 3.16. The van der Waals surface area contributed by atoms with Crippen molar-refractivity contribution in [2.24, 2.45) is 0 Å². The van der Waals surface area contributed by atoms with Gasteiger partial charge in [-0.1, -0.05) is 11.6 Å². The second-order valence-corrected chi connectivity index (χ2v) is 6.23. The van der Waals surface area contributed by atoms with E-state index in [1.54, 1.807) is 18.2 Å². The van der Waals surface area contributed by atoms with Crippen LogP contribution in [0.25, 0.3) is 11.0 Å². The first-order valence-electron chi connectivity index (χ1n) is 7.81. The Morgan fingerprint density at radius 1 is 1.30 bits per heavy atom. The predicted octanol–water partition coefficient (Wildman–Crippen LogP) is 3.14. The zero-order valence-corrected chi connectivity index (χ0v) is 13.8. The van der Waals surface area contributed by atoms with E-state index in [2.05, 4.69) is 5.32 Å². The number of carbonyl (C=O) groups is 2. The molecular weight excluding hydrogens is 316 g/mol. The lowest BCUT2D eigenvalue weighted by Gasteiger charge is -2.14. The molecule has 0 atom stereocenters. The predicted molar refractivity (Wildman–Crippen MR) is 88.7 cm³/mol. The molecule has 1 fully saturated rings. The molecule has 1 aliphatic rings. The molecule has 1 aliphatic heterocycles. The van der Waals surface area contributed by atoms with Gasteiger partial charge in [0.1, 0.15) is 5.58 Å². The van der Waals surface area contributed by atoms with Gasteiger partial charge in [-0.2, -0.15) is 0 Å². The van der Waals surface area contributed by atoms with Crippen LogP contribution in [0.1, 0.15) is 35.4 Å². The minimum atomic E-state index is -0.302. The molecule has 122 valence electrons. The van der Waals surface area contributed by atoms with E-state index in [4.69, 9.17) is 16.0 Å². The summed E-state index contributed by atoms with van der Waals surface area (Å²) in [6.07, 6.45) is 2.45. The molecule has 0 spiro atoms. The van der Waals surface area contributed by atoms with Crippen LogP contribution in [0.4, 0.5) is 0 Å². The number of furan rings is 1. The van der Waals surface area contributed by atoms with E-state index >= 15 is 0 Å². The van der Waals surface area contributed by atoms with E-state index in [0.717, 1.165) is 36.9 Å². The summed E-state index contributed by atoms with van der Waals surface area (Å²) < 4.78 is 5.61. The molecule has 2 aromatic rings. The summed E-state index contributed by atoms with van der Waals surface area (Å²) in [5.74, 6) is 0.0656. The van der Waals surface area contributed by atoms with Crippen molar-refractivity contribution in [1.29, 1.82) is 0 Å². The minimum Gasteiger partial charge on any atom is -0.451 e. The van der Waals surface area contributed by atoms with Gasteiger partial charge in [0, 0.05) is 42.0 Å². The third-order valence-corrected chi connectivity index (χ3v) is 4.42. The SMILES string of the molecule is Cc1c(C(=O)NCCC(=O)N2CCCC2)oc2ccc(Cl)cc12. The first-order chi connectivity index (χ1) is 11.1. The summed E-state index contributed by atoms with van der Waals surface area (Å²) in [5, 5.41) is 4.19. The molecular formula is C17H19ClN2O3. The Labute approximate surface area is 139 Å². The fraction of sp³-hybridized carbons (Fsp3) is 0.412. The second-order valence-electron chi connectivity index (χ2n) is 5.79. The van der Waals surface area contributed by atoms with Crippen LogP contribution in [0, 0.1) is 6.92 Å². The Kier molecular flexibility index (Phi) is 4.57. The minimum absolute atomic E-state index is 0.0934. The summed E-state index contributed by atoms with van der Waals surface area (Å²) in [6, 6.07) is 5.25. The quantitative estimate of drug-likeness (QED) is 0.934. The summed E-state index contributed by atoms with van der Waals surface area (Å²) in [7, 11) is 0. The number of hydrogen-bond donors (Lipinski definition) is 1. The Morgan fingerprint density at radius 3 is 2.78 bits per heavy atom. The third kappa shape index (κ3) is 3.34. The van der Waals surface area contributed by atoms with Crippen LogP contribution in [-0.2, 0) is 4.79 Å². The number of fused-ring (bicyclic) bond motifs is 1. The normalized spacial score (nSPS) is 14.4. The number of aryl methyl sites for hydroxylation is 1. The van der Waals surface area contributed by atoms with Crippen LogP contribution in [0.2, 0.25) is 5.02 Å². The van der Waals surface area contributed by atoms with E-state index in [-0.39, 0.29) is 17.6 Å². The maximum absolute atomic E-state index is 12.3. The van der Waals surface area contributed by atoms with Gasteiger partial charge in [0.05, 0.1) is 0 Å². The number of carbonyl (C=O) groups excluding carboxylic acids is 2. The number of nitrogens with zero attached hydrogens (tertiary/aromatic N) is 1. The van der Waals surface area contributed by atoms with Crippen molar-refractivity contribution in [3.63, 3.8) is 0 Å². The third-order valence-electron chi connectivity index (χ3n) is 4.19. The van der Waals surface area contributed by atoms with Gasteiger partial charge >= 0.3 is 0 Å². The maximum Gasteiger partial charge on any atom is 0.287 e. The number of hydrogen-bond acceptors (Lipinski definition) is 3. The Balaban J connectivity index is 1.62.